The number of pyridine rings is 1. The van der Waals surface area contributed by atoms with Crippen LogP contribution in [0, 0.1) is 0 Å². The molecule has 0 aliphatic rings. The average molecular weight is 282 g/mol. The lowest BCUT2D eigenvalue weighted by atomic mass is 10.2. The second-order valence-corrected chi connectivity index (χ2v) is 4.15. The van der Waals surface area contributed by atoms with E-state index in [1.165, 1.54) is 6.21 Å². The number of carbonyl (C=O) groups excluding carboxylic acids is 2. The van der Waals surface area contributed by atoms with Crippen LogP contribution in [0.15, 0.2) is 60.0 Å². The summed E-state index contributed by atoms with van der Waals surface area (Å²) in [4.78, 5) is 26.9. The van der Waals surface area contributed by atoms with Crippen LogP contribution in [0.5, 0.6) is 0 Å². The Morgan fingerprint density at radius 3 is 2.62 bits per heavy atom. The third kappa shape index (κ3) is 4.87. The Morgan fingerprint density at radius 1 is 1.10 bits per heavy atom. The van der Waals surface area contributed by atoms with E-state index in [0.29, 0.717) is 6.54 Å². The predicted molar refractivity (Wildman–Crippen MR) is 78.3 cm³/mol. The van der Waals surface area contributed by atoms with Crippen molar-refractivity contribution in [3.63, 3.8) is 0 Å². The highest BCUT2D eigenvalue weighted by Crippen LogP contribution is 1.96. The summed E-state index contributed by atoms with van der Waals surface area (Å²) in [5.74, 6) is -1.55. The summed E-state index contributed by atoms with van der Waals surface area (Å²) < 4.78 is 0. The zero-order chi connectivity index (χ0) is 14.9. The van der Waals surface area contributed by atoms with Crippen LogP contribution in [0.4, 0.5) is 0 Å². The number of nitrogens with zero attached hydrogens (tertiary/aromatic N) is 2. The van der Waals surface area contributed by atoms with Gasteiger partial charge in [-0.3, -0.25) is 14.6 Å². The molecule has 0 aliphatic heterocycles. The first-order chi connectivity index (χ1) is 10.3. The summed E-state index contributed by atoms with van der Waals surface area (Å²) in [6, 6.07) is 12.8. The fourth-order valence-corrected chi connectivity index (χ4v) is 1.53. The number of carbonyl (C=O) groups is 2. The van der Waals surface area contributed by atoms with Gasteiger partial charge in [-0.1, -0.05) is 36.4 Å². The molecule has 1 aromatic carbocycles. The van der Waals surface area contributed by atoms with Crippen molar-refractivity contribution >= 4 is 18.0 Å². The molecule has 2 N–H and O–H groups in total. The van der Waals surface area contributed by atoms with Crippen LogP contribution in [0.3, 0.4) is 0 Å². The Morgan fingerprint density at radius 2 is 1.90 bits per heavy atom. The minimum Gasteiger partial charge on any atom is -0.344 e. The molecular formula is C15H14N4O2. The molecule has 0 unspecified atom stereocenters. The lowest BCUT2D eigenvalue weighted by Crippen LogP contribution is -2.37. The van der Waals surface area contributed by atoms with Gasteiger partial charge in [-0.05, 0) is 11.6 Å². The van der Waals surface area contributed by atoms with Gasteiger partial charge in [0.05, 0.1) is 6.21 Å². The molecule has 0 atom stereocenters. The van der Waals surface area contributed by atoms with E-state index in [-0.39, 0.29) is 0 Å². The van der Waals surface area contributed by atoms with E-state index in [1.54, 1.807) is 24.5 Å². The molecule has 6 heteroatoms. The van der Waals surface area contributed by atoms with Crippen LogP contribution < -0.4 is 10.7 Å². The maximum absolute atomic E-state index is 11.5. The predicted octanol–water partition coefficient (Wildman–Crippen LogP) is 0.848. The summed E-state index contributed by atoms with van der Waals surface area (Å²) in [7, 11) is 0. The Hall–Kier alpha value is -3.02. The van der Waals surface area contributed by atoms with Crippen molar-refractivity contribution in [2.45, 2.75) is 6.54 Å². The topological polar surface area (TPSA) is 83.5 Å². The van der Waals surface area contributed by atoms with E-state index < -0.39 is 11.8 Å². The molecule has 6 nitrogen and oxygen atoms in total. The van der Waals surface area contributed by atoms with E-state index in [1.807, 2.05) is 30.3 Å². The molecule has 21 heavy (non-hydrogen) atoms. The lowest BCUT2D eigenvalue weighted by molar-refractivity contribution is -0.139. The van der Waals surface area contributed by atoms with Crippen molar-refractivity contribution in [2.75, 3.05) is 0 Å². The van der Waals surface area contributed by atoms with Crippen molar-refractivity contribution in [3.05, 3.63) is 66.0 Å². The molecule has 106 valence electrons. The molecule has 1 aromatic heterocycles. The zero-order valence-electron chi connectivity index (χ0n) is 11.2. The summed E-state index contributed by atoms with van der Waals surface area (Å²) in [6.45, 7) is 0.291. The SMILES string of the molecule is O=C(NCc1ccccc1)C(=O)N/N=C\c1cccnc1. The number of benzene rings is 1. The second kappa shape index (κ2) is 7.54. The number of rotatable bonds is 4. The molecule has 0 fully saturated rings. The second-order valence-electron chi connectivity index (χ2n) is 4.15. The number of hydrogen-bond acceptors (Lipinski definition) is 4. The Labute approximate surface area is 121 Å². The smallest absolute Gasteiger partial charge is 0.329 e. The first-order valence-corrected chi connectivity index (χ1v) is 6.31. The third-order valence-corrected chi connectivity index (χ3v) is 2.57. The molecule has 0 aliphatic carbocycles. The van der Waals surface area contributed by atoms with Gasteiger partial charge in [0.15, 0.2) is 0 Å². The first kappa shape index (κ1) is 14.4. The number of aromatic nitrogens is 1. The molecule has 2 amide bonds. The molecule has 1 heterocycles. The standard InChI is InChI=1S/C15H14N4O2/c20-14(17-10-12-5-2-1-3-6-12)15(21)19-18-11-13-7-4-8-16-9-13/h1-9,11H,10H2,(H,17,20)(H,19,21)/b18-11-. The molecule has 0 bridgehead atoms. The number of hydrazone groups is 1. The van der Waals surface area contributed by atoms with Crippen LogP contribution in [-0.4, -0.2) is 23.0 Å². The van der Waals surface area contributed by atoms with Crippen molar-refractivity contribution in [2.24, 2.45) is 5.10 Å². The Kier molecular flexibility index (Phi) is 5.17. The third-order valence-electron chi connectivity index (χ3n) is 2.57. The molecule has 0 saturated carbocycles. The van der Waals surface area contributed by atoms with Crippen LogP contribution in [0.2, 0.25) is 0 Å². The highest BCUT2D eigenvalue weighted by atomic mass is 16.2. The van der Waals surface area contributed by atoms with Gasteiger partial charge in [-0.15, -0.1) is 0 Å². The molecule has 0 radical (unpaired) electrons. The number of amides is 2. The quantitative estimate of drug-likeness (QED) is 0.495. The zero-order valence-corrected chi connectivity index (χ0v) is 11.2. The number of nitrogens with one attached hydrogen (secondary N) is 2. The maximum Gasteiger partial charge on any atom is 0.329 e. The van der Waals surface area contributed by atoms with Gasteiger partial charge >= 0.3 is 11.8 Å². The van der Waals surface area contributed by atoms with Crippen LogP contribution in [0.25, 0.3) is 0 Å². The van der Waals surface area contributed by atoms with Gasteiger partial charge < -0.3 is 5.32 Å². The minimum absolute atomic E-state index is 0.291. The minimum atomic E-state index is -0.814. The largest absolute Gasteiger partial charge is 0.344 e. The van der Waals surface area contributed by atoms with Crippen LogP contribution in [-0.2, 0) is 16.1 Å². The van der Waals surface area contributed by atoms with Crippen molar-refractivity contribution in [1.82, 2.24) is 15.7 Å². The highest BCUT2D eigenvalue weighted by Gasteiger charge is 2.11. The Balaban J connectivity index is 1.78. The summed E-state index contributed by atoms with van der Waals surface area (Å²) in [5, 5.41) is 6.20. The van der Waals surface area contributed by atoms with E-state index in [9.17, 15) is 9.59 Å². The van der Waals surface area contributed by atoms with Crippen molar-refractivity contribution in [3.8, 4) is 0 Å². The van der Waals surface area contributed by atoms with E-state index in [4.69, 9.17) is 0 Å². The van der Waals surface area contributed by atoms with Gasteiger partial charge in [0.25, 0.3) is 0 Å². The normalized spacial score (nSPS) is 10.3. The van der Waals surface area contributed by atoms with Gasteiger partial charge in [0.1, 0.15) is 0 Å². The van der Waals surface area contributed by atoms with E-state index >= 15 is 0 Å². The van der Waals surface area contributed by atoms with Gasteiger partial charge in [-0.2, -0.15) is 5.10 Å². The summed E-state index contributed by atoms with van der Waals surface area (Å²) in [6.07, 6.45) is 4.63. The van der Waals surface area contributed by atoms with Crippen molar-refractivity contribution < 1.29 is 9.59 Å². The fourth-order valence-electron chi connectivity index (χ4n) is 1.53. The van der Waals surface area contributed by atoms with Gasteiger partial charge in [0, 0.05) is 24.5 Å². The molecule has 0 saturated heterocycles. The molecule has 2 aromatic rings. The van der Waals surface area contributed by atoms with Crippen molar-refractivity contribution in [1.29, 1.82) is 0 Å². The average Bonchev–Trinajstić information content (AvgIpc) is 2.54. The van der Waals surface area contributed by atoms with Crippen LogP contribution >= 0.6 is 0 Å². The molecule has 0 spiro atoms. The van der Waals surface area contributed by atoms with Crippen LogP contribution in [0.1, 0.15) is 11.1 Å². The highest BCUT2D eigenvalue weighted by molar-refractivity contribution is 6.35. The monoisotopic (exact) mass is 282 g/mol. The first-order valence-electron chi connectivity index (χ1n) is 6.31. The number of hydrogen-bond donors (Lipinski definition) is 2. The summed E-state index contributed by atoms with van der Waals surface area (Å²) in [5.41, 5.74) is 3.80. The maximum atomic E-state index is 11.5. The molecular weight excluding hydrogens is 268 g/mol. The van der Waals surface area contributed by atoms with Gasteiger partial charge in [-0.25, -0.2) is 5.43 Å². The fraction of sp³-hybridized carbons (Fsp3) is 0.0667. The summed E-state index contributed by atoms with van der Waals surface area (Å²) >= 11 is 0. The lowest BCUT2D eigenvalue weighted by Gasteiger charge is -2.03. The Bertz CT molecular complexity index is 627. The van der Waals surface area contributed by atoms with E-state index in [0.717, 1.165) is 11.1 Å². The molecule has 2 rings (SSSR count). The van der Waals surface area contributed by atoms with Gasteiger partial charge in [0.2, 0.25) is 0 Å². The van der Waals surface area contributed by atoms with E-state index in [2.05, 4.69) is 20.8 Å².